The van der Waals surface area contributed by atoms with E-state index in [9.17, 15) is 8.42 Å². The van der Waals surface area contributed by atoms with Crippen molar-refractivity contribution >= 4 is 42.4 Å². The summed E-state index contributed by atoms with van der Waals surface area (Å²) in [6.07, 6.45) is 3.04. The average molecular weight is 416 g/mol. The molecular weight excluding hydrogens is 398 g/mol. The largest absolute Gasteiger partial charge is 0.348 e. The fourth-order valence-corrected chi connectivity index (χ4v) is 5.47. The van der Waals surface area contributed by atoms with Gasteiger partial charge in [-0.25, -0.2) is 18.1 Å². The number of nitrogens with zero attached hydrogens (tertiary/aromatic N) is 2. The van der Waals surface area contributed by atoms with E-state index in [1.54, 1.807) is 35.6 Å². The van der Waals surface area contributed by atoms with E-state index in [2.05, 4.69) is 30.5 Å². The lowest BCUT2D eigenvalue weighted by molar-refractivity contribution is 0.581. The van der Waals surface area contributed by atoms with E-state index in [4.69, 9.17) is 0 Å². The first-order chi connectivity index (χ1) is 11.1. The normalized spacial score (nSPS) is 15.3. The van der Waals surface area contributed by atoms with Crippen molar-refractivity contribution in [2.75, 3.05) is 24.5 Å². The first-order valence-corrected chi connectivity index (χ1v) is 10.7. The summed E-state index contributed by atoms with van der Waals surface area (Å²) >= 11 is 4.91. The van der Waals surface area contributed by atoms with Crippen LogP contribution in [0.25, 0.3) is 0 Å². The first-order valence-electron chi connectivity index (χ1n) is 7.50. The molecule has 1 fully saturated rings. The van der Waals surface area contributed by atoms with Crippen molar-refractivity contribution in [2.24, 2.45) is 0 Å². The highest BCUT2D eigenvalue weighted by molar-refractivity contribution is 9.10. The van der Waals surface area contributed by atoms with Gasteiger partial charge in [-0.1, -0.05) is 12.1 Å². The number of sulfonamides is 1. The molecule has 1 aromatic carbocycles. The van der Waals surface area contributed by atoms with Crippen molar-refractivity contribution in [3.63, 3.8) is 0 Å². The van der Waals surface area contributed by atoms with Gasteiger partial charge in [0.15, 0.2) is 5.13 Å². The number of thiazole rings is 1. The van der Waals surface area contributed by atoms with Gasteiger partial charge in [0.1, 0.15) is 0 Å². The van der Waals surface area contributed by atoms with E-state index in [0.29, 0.717) is 17.4 Å². The SMILES string of the molecule is O=S(=O)(NCCc1csc(N2CCCC2)n1)c1ccccc1Br. The number of nitrogens with one attached hydrogen (secondary N) is 1. The number of anilines is 1. The second kappa shape index (κ2) is 7.29. The van der Waals surface area contributed by atoms with E-state index in [0.717, 1.165) is 23.9 Å². The Labute approximate surface area is 148 Å². The fourth-order valence-electron chi connectivity index (χ4n) is 2.52. The van der Waals surface area contributed by atoms with Crippen molar-refractivity contribution in [1.82, 2.24) is 9.71 Å². The number of rotatable bonds is 6. The lowest BCUT2D eigenvalue weighted by Crippen LogP contribution is -2.26. The van der Waals surface area contributed by atoms with Crippen molar-refractivity contribution in [1.29, 1.82) is 0 Å². The van der Waals surface area contributed by atoms with Crippen molar-refractivity contribution in [2.45, 2.75) is 24.2 Å². The third kappa shape index (κ3) is 4.12. The molecule has 0 aliphatic carbocycles. The molecule has 0 bridgehead atoms. The van der Waals surface area contributed by atoms with E-state index >= 15 is 0 Å². The van der Waals surface area contributed by atoms with E-state index in [1.165, 1.54) is 12.8 Å². The van der Waals surface area contributed by atoms with E-state index in [1.807, 2.05) is 5.38 Å². The highest BCUT2D eigenvalue weighted by Gasteiger charge is 2.18. The summed E-state index contributed by atoms with van der Waals surface area (Å²) in [5, 5.41) is 3.06. The number of aromatic nitrogens is 1. The Balaban J connectivity index is 1.58. The maximum Gasteiger partial charge on any atom is 0.241 e. The predicted molar refractivity (Wildman–Crippen MR) is 96.6 cm³/mol. The van der Waals surface area contributed by atoms with Gasteiger partial charge in [-0.2, -0.15) is 0 Å². The van der Waals surface area contributed by atoms with Gasteiger partial charge >= 0.3 is 0 Å². The number of hydrogen-bond acceptors (Lipinski definition) is 5. The molecule has 0 atom stereocenters. The summed E-state index contributed by atoms with van der Waals surface area (Å²) in [4.78, 5) is 7.15. The van der Waals surface area contributed by atoms with Crippen LogP contribution in [0.4, 0.5) is 5.13 Å². The van der Waals surface area contributed by atoms with E-state index < -0.39 is 10.0 Å². The molecular formula is C15H18BrN3O2S2. The topological polar surface area (TPSA) is 62.3 Å². The Bertz CT molecular complexity index is 771. The minimum absolute atomic E-state index is 0.260. The molecule has 2 heterocycles. The van der Waals surface area contributed by atoms with Gasteiger partial charge in [0.25, 0.3) is 0 Å². The smallest absolute Gasteiger partial charge is 0.241 e. The molecule has 2 aromatic rings. The monoisotopic (exact) mass is 415 g/mol. The van der Waals surface area contributed by atoms with Crippen molar-refractivity contribution < 1.29 is 8.42 Å². The van der Waals surface area contributed by atoms with Crippen LogP contribution in [0.2, 0.25) is 0 Å². The summed E-state index contributed by atoms with van der Waals surface area (Å²) in [5.74, 6) is 0. The highest BCUT2D eigenvalue weighted by atomic mass is 79.9. The molecule has 1 aliphatic heterocycles. The number of halogens is 1. The van der Waals surface area contributed by atoms with Crippen LogP contribution in [-0.4, -0.2) is 33.0 Å². The number of benzene rings is 1. The maximum atomic E-state index is 12.3. The molecule has 1 saturated heterocycles. The molecule has 5 nitrogen and oxygen atoms in total. The Kier molecular flexibility index (Phi) is 5.35. The zero-order chi connectivity index (χ0) is 16.3. The minimum Gasteiger partial charge on any atom is -0.348 e. The quantitative estimate of drug-likeness (QED) is 0.787. The first kappa shape index (κ1) is 16.9. The fraction of sp³-hybridized carbons (Fsp3) is 0.400. The van der Waals surface area contributed by atoms with Crippen LogP contribution in [0.1, 0.15) is 18.5 Å². The molecule has 3 rings (SSSR count). The molecule has 0 radical (unpaired) electrons. The Morgan fingerprint density at radius 2 is 2.00 bits per heavy atom. The van der Waals surface area contributed by atoms with Gasteiger partial charge in [0, 0.05) is 35.9 Å². The van der Waals surface area contributed by atoms with Crippen LogP contribution >= 0.6 is 27.3 Å². The molecule has 0 spiro atoms. The maximum absolute atomic E-state index is 12.3. The summed E-state index contributed by atoms with van der Waals surface area (Å²) in [5.41, 5.74) is 0.937. The molecule has 0 saturated carbocycles. The van der Waals surface area contributed by atoms with Crippen LogP contribution in [0.3, 0.4) is 0 Å². The third-order valence-corrected chi connectivity index (χ3v) is 7.14. The lowest BCUT2D eigenvalue weighted by Gasteiger charge is -2.12. The van der Waals surface area contributed by atoms with Crippen molar-refractivity contribution in [3.8, 4) is 0 Å². The molecule has 124 valence electrons. The molecule has 0 amide bonds. The number of hydrogen-bond donors (Lipinski definition) is 1. The zero-order valence-electron chi connectivity index (χ0n) is 12.5. The van der Waals surface area contributed by atoms with Gasteiger partial charge < -0.3 is 4.90 Å². The summed E-state index contributed by atoms with van der Waals surface area (Å²) in [6, 6.07) is 6.80. The van der Waals surface area contributed by atoms with E-state index in [-0.39, 0.29) is 4.90 Å². The van der Waals surface area contributed by atoms with Gasteiger partial charge in [0.2, 0.25) is 10.0 Å². The van der Waals surface area contributed by atoms with Crippen LogP contribution in [0.15, 0.2) is 39.0 Å². The predicted octanol–water partition coefficient (Wildman–Crippen LogP) is 3.03. The zero-order valence-corrected chi connectivity index (χ0v) is 15.8. The average Bonchev–Trinajstić information content (AvgIpc) is 3.18. The standard InChI is InChI=1S/C15H18BrN3O2S2/c16-13-5-1-2-6-14(13)23(20,21)17-8-7-12-11-22-15(18-12)19-9-3-4-10-19/h1-2,5-6,11,17H,3-4,7-10H2. The van der Waals surface area contributed by atoms with Gasteiger partial charge in [-0.05, 0) is 40.9 Å². The lowest BCUT2D eigenvalue weighted by atomic mass is 10.3. The molecule has 0 unspecified atom stereocenters. The molecule has 8 heteroatoms. The van der Waals surface area contributed by atoms with Gasteiger partial charge in [-0.3, -0.25) is 0 Å². The van der Waals surface area contributed by atoms with Crippen LogP contribution in [-0.2, 0) is 16.4 Å². The molecule has 1 aromatic heterocycles. The van der Waals surface area contributed by atoms with Gasteiger partial charge in [0.05, 0.1) is 10.6 Å². The van der Waals surface area contributed by atoms with Crippen LogP contribution in [0, 0.1) is 0 Å². The second-order valence-electron chi connectivity index (χ2n) is 5.39. The molecule has 1 N–H and O–H groups in total. The summed E-state index contributed by atoms with van der Waals surface area (Å²) in [6.45, 7) is 2.48. The van der Waals surface area contributed by atoms with Crippen molar-refractivity contribution in [3.05, 3.63) is 39.8 Å². The summed E-state index contributed by atoms with van der Waals surface area (Å²) in [7, 11) is -3.50. The Hall–Kier alpha value is -0.960. The highest BCUT2D eigenvalue weighted by Crippen LogP contribution is 2.24. The summed E-state index contributed by atoms with van der Waals surface area (Å²) < 4.78 is 27.8. The Morgan fingerprint density at radius 1 is 1.26 bits per heavy atom. The third-order valence-electron chi connectivity index (χ3n) is 3.72. The Morgan fingerprint density at radius 3 is 2.74 bits per heavy atom. The van der Waals surface area contributed by atoms with Gasteiger partial charge in [-0.15, -0.1) is 11.3 Å². The molecule has 1 aliphatic rings. The second-order valence-corrected chi connectivity index (χ2v) is 8.82. The van der Waals surface area contributed by atoms with Crippen LogP contribution in [0.5, 0.6) is 0 Å². The van der Waals surface area contributed by atoms with Crippen LogP contribution < -0.4 is 9.62 Å². The minimum atomic E-state index is -3.50. The molecule has 23 heavy (non-hydrogen) atoms.